The van der Waals surface area contributed by atoms with Crippen LogP contribution in [0.4, 0.5) is 0 Å². The van der Waals surface area contributed by atoms with Crippen molar-refractivity contribution in [2.45, 2.75) is 13.0 Å². The smallest absolute Gasteiger partial charge is 0.352 e. The van der Waals surface area contributed by atoms with Crippen LogP contribution >= 0.6 is 22.6 Å². The van der Waals surface area contributed by atoms with Crippen molar-refractivity contribution in [1.29, 1.82) is 0 Å². The molecule has 2 aromatic carbocycles. The van der Waals surface area contributed by atoms with Gasteiger partial charge in [0.25, 0.3) is 5.91 Å². The Bertz CT molecular complexity index is 799. The highest BCUT2D eigenvalue weighted by atomic mass is 127. The van der Waals surface area contributed by atoms with E-state index in [1.807, 2.05) is 24.3 Å². The third kappa shape index (κ3) is 5.57. The van der Waals surface area contributed by atoms with E-state index in [4.69, 9.17) is 14.9 Å². The van der Waals surface area contributed by atoms with E-state index >= 15 is 0 Å². The summed E-state index contributed by atoms with van der Waals surface area (Å²) in [4.78, 5) is 22.7. The van der Waals surface area contributed by atoms with Gasteiger partial charge >= 0.3 is 5.97 Å². The highest BCUT2D eigenvalue weighted by Crippen LogP contribution is 2.26. The molecule has 1 unspecified atom stereocenters. The summed E-state index contributed by atoms with van der Waals surface area (Å²) in [5, 5.41) is 20.5. The first-order valence-electron chi connectivity index (χ1n) is 7.33. The molecular formula is C18H16INO5. The first kappa shape index (κ1) is 18.9. The molecule has 25 heavy (non-hydrogen) atoms. The number of halogens is 1. The number of para-hydroxylation sites is 1. The molecule has 130 valence electrons. The minimum absolute atomic E-state index is 0.322. The van der Waals surface area contributed by atoms with Gasteiger partial charge in [-0.05, 0) is 65.4 Å². The van der Waals surface area contributed by atoms with Crippen molar-refractivity contribution < 1.29 is 24.5 Å². The van der Waals surface area contributed by atoms with Crippen LogP contribution in [0.15, 0.2) is 54.2 Å². The van der Waals surface area contributed by atoms with Crippen molar-refractivity contribution in [3.8, 4) is 11.5 Å². The van der Waals surface area contributed by atoms with Gasteiger partial charge in [-0.25, -0.2) is 4.79 Å². The molecule has 3 N–H and O–H groups in total. The van der Waals surface area contributed by atoms with Gasteiger partial charge in [0.05, 0.1) is 3.57 Å². The highest BCUT2D eigenvalue weighted by molar-refractivity contribution is 14.1. The van der Waals surface area contributed by atoms with Crippen molar-refractivity contribution >= 4 is 40.5 Å². The van der Waals surface area contributed by atoms with E-state index in [-0.39, 0.29) is 5.70 Å². The quantitative estimate of drug-likeness (QED) is 0.462. The molecule has 1 atom stereocenters. The Morgan fingerprint density at radius 3 is 2.36 bits per heavy atom. The number of aliphatic hydroxyl groups excluding tert-OH is 1. The first-order chi connectivity index (χ1) is 11.9. The average molecular weight is 453 g/mol. The molecule has 2 rings (SSSR count). The van der Waals surface area contributed by atoms with E-state index in [0.29, 0.717) is 11.3 Å². The number of benzene rings is 2. The Balaban J connectivity index is 2.16. The van der Waals surface area contributed by atoms with Gasteiger partial charge in [-0.1, -0.05) is 24.3 Å². The summed E-state index contributed by atoms with van der Waals surface area (Å²) in [5.74, 6) is -0.756. The van der Waals surface area contributed by atoms with Crippen molar-refractivity contribution in [3.63, 3.8) is 0 Å². The molecule has 0 aliphatic carbocycles. The second-order valence-corrected chi connectivity index (χ2v) is 6.29. The van der Waals surface area contributed by atoms with Crippen LogP contribution in [0.25, 0.3) is 6.08 Å². The molecule has 0 aliphatic rings. The minimum Gasteiger partial charge on any atom is -0.477 e. The summed E-state index contributed by atoms with van der Waals surface area (Å²) in [6.45, 7) is 1.26. The fourth-order valence-electron chi connectivity index (χ4n) is 1.84. The lowest BCUT2D eigenvalue weighted by Gasteiger charge is -2.09. The predicted molar refractivity (Wildman–Crippen MR) is 101 cm³/mol. The monoisotopic (exact) mass is 453 g/mol. The van der Waals surface area contributed by atoms with Crippen LogP contribution in [-0.4, -0.2) is 28.2 Å². The number of carboxylic acid groups (broad SMARTS) is 1. The maximum atomic E-state index is 11.5. The summed E-state index contributed by atoms with van der Waals surface area (Å²) in [5.41, 5.74) is 0.246. The fourth-order valence-corrected chi connectivity index (χ4v) is 2.34. The highest BCUT2D eigenvalue weighted by Gasteiger charge is 2.15. The number of hydrogen-bond acceptors (Lipinski definition) is 4. The third-order valence-corrected chi connectivity index (χ3v) is 4.01. The average Bonchev–Trinajstić information content (AvgIpc) is 2.57. The largest absolute Gasteiger partial charge is 0.477 e. The van der Waals surface area contributed by atoms with E-state index in [9.17, 15) is 9.59 Å². The van der Waals surface area contributed by atoms with Gasteiger partial charge in [0.15, 0.2) is 0 Å². The van der Waals surface area contributed by atoms with E-state index < -0.39 is 18.0 Å². The van der Waals surface area contributed by atoms with Crippen LogP contribution in [0.1, 0.15) is 12.5 Å². The molecule has 0 aliphatic heterocycles. The summed E-state index contributed by atoms with van der Waals surface area (Å²) in [7, 11) is 0. The molecule has 7 heteroatoms. The lowest BCUT2D eigenvalue weighted by molar-refractivity contribution is -0.135. The molecule has 0 spiro atoms. The van der Waals surface area contributed by atoms with Crippen LogP contribution in [0, 0.1) is 3.57 Å². The summed E-state index contributed by atoms with van der Waals surface area (Å²) in [6, 6.07) is 14.3. The topological polar surface area (TPSA) is 95.9 Å². The van der Waals surface area contributed by atoms with Crippen molar-refractivity contribution in [1.82, 2.24) is 5.32 Å². The molecule has 0 heterocycles. The number of ether oxygens (including phenoxy) is 1. The van der Waals surface area contributed by atoms with Crippen molar-refractivity contribution in [2.24, 2.45) is 0 Å². The molecule has 0 saturated heterocycles. The minimum atomic E-state index is -1.30. The second-order valence-electron chi connectivity index (χ2n) is 5.13. The summed E-state index contributed by atoms with van der Waals surface area (Å²) >= 11 is 2.17. The number of carboxylic acids is 1. The molecule has 2 aromatic rings. The van der Waals surface area contributed by atoms with Gasteiger partial charge in [-0.3, -0.25) is 4.79 Å². The molecule has 6 nitrogen and oxygen atoms in total. The molecule has 0 fully saturated rings. The zero-order valence-corrected chi connectivity index (χ0v) is 15.4. The number of nitrogens with one attached hydrogen (secondary N) is 1. The first-order valence-corrected chi connectivity index (χ1v) is 8.41. The molecule has 0 aromatic heterocycles. The number of amides is 1. The van der Waals surface area contributed by atoms with Crippen LogP contribution < -0.4 is 10.1 Å². The van der Waals surface area contributed by atoms with Gasteiger partial charge in [-0.2, -0.15) is 0 Å². The molecule has 0 bridgehead atoms. The number of rotatable bonds is 6. The Kier molecular flexibility index (Phi) is 6.54. The zero-order valence-electron chi connectivity index (χ0n) is 13.3. The van der Waals surface area contributed by atoms with Crippen LogP contribution in [0.5, 0.6) is 11.5 Å². The normalized spacial score (nSPS) is 12.4. The Hall–Kier alpha value is -2.39. The lowest BCUT2D eigenvalue weighted by Crippen LogP contribution is -2.34. The number of carbonyl (C=O) groups excluding carboxylic acids is 1. The van der Waals surface area contributed by atoms with Gasteiger partial charge in [0.1, 0.15) is 23.3 Å². The Morgan fingerprint density at radius 2 is 1.80 bits per heavy atom. The van der Waals surface area contributed by atoms with Crippen molar-refractivity contribution in [2.75, 3.05) is 0 Å². The van der Waals surface area contributed by atoms with Crippen molar-refractivity contribution in [3.05, 3.63) is 63.4 Å². The number of carbonyl (C=O) groups is 2. The van der Waals surface area contributed by atoms with Crippen LogP contribution in [0.3, 0.4) is 0 Å². The summed E-state index contributed by atoms with van der Waals surface area (Å²) in [6.07, 6.45) is 0.00504. The Labute approximate surface area is 158 Å². The molecule has 0 radical (unpaired) electrons. The standard InChI is InChI=1S/C18H16INO5/c1-11(21)17(22)20-15(18(23)24)10-12-6-8-13(9-7-12)25-16-5-3-2-4-14(16)19/h2-11,21H,1H3,(H,20,22)(H,23,24). The second kappa shape index (κ2) is 8.63. The third-order valence-electron chi connectivity index (χ3n) is 3.12. The maximum Gasteiger partial charge on any atom is 0.352 e. The van der Waals surface area contributed by atoms with Gasteiger partial charge < -0.3 is 20.3 Å². The maximum absolute atomic E-state index is 11.5. The van der Waals surface area contributed by atoms with E-state index in [1.165, 1.54) is 13.0 Å². The fraction of sp³-hybridized carbons (Fsp3) is 0.111. The number of hydrogen-bond donors (Lipinski definition) is 3. The van der Waals surface area contributed by atoms with Gasteiger partial charge in [0, 0.05) is 0 Å². The predicted octanol–water partition coefficient (Wildman–Crippen LogP) is 3.01. The number of aliphatic carboxylic acids is 1. The SMILES string of the molecule is CC(O)C(=O)NC(=Cc1ccc(Oc2ccccc2I)cc1)C(=O)O. The van der Waals surface area contributed by atoms with Crippen LogP contribution in [-0.2, 0) is 9.59 Å². The molecule has 1 amide bonds. The molecular weight excluding hydrogens is 437 g/mol. The van der Waals surface area contributed by atoms with Crippen LogP contribution in [0.2, 0.25) is 0 Å². The summed E-state index contributed by atoms with van der Waals surface area (Å²) < 4.78 is 6.74. The van der Waals surface area contributed by atoms with E-state index in [0.717, 1.165) is 9.32 Å². The Morgan fingerprint density at radius 1 is 1.16 bits per heavy atom. The van der Waals surface area contributed by atoms with E-state index in [1.54, 1.807) is 24.3 Å². The zero-order chi connectivity index (χ0) is 18.4. The number of aliphatic hydroxyl groups is 1. The van der Waals surface area contributed by atoms with Gasteiger partial charge in [-0.15, -0.1) is 0 Å². The lowest BCUT2D eigenvalue weighted by atomic mass is 10.2. The van der Waals surface area contributed by atoms with Gasteiger partial charge in [0.2, 0.25) is 0 Å². The molecule has 0 saturated carbocycles. The van der Waals surface area contributed by atoms with E-state index in [2.05, 4.69) is 27.9 Å².